The molecule has 0 unspecified atom stereocenters. The summed E-state index contributed by atoms with van der Waals surface area (Å²) in [5.41, 5.74) is 8.01. The first kappa shape index (κ1) is 21.8. The molecule has 2 aromatic heterocycles. The molecule has 0 saturated carbocycles. The number of halogens is 1. The van der Waals surface area contributed by atoms with Crippen LogP contribution in [0.1, 0.15) is 23.0 Å². The van der Waals surface area contributed by atoms with Crippen molar-refractivity contribution in [2.45, 2.75) is 12.3 Å². The Labute approximate surface area is 205 Å². The van der Waals surface area contributed by atoms with E-state index >= 15 is 0 Å². The van der Waals surface area contributed by atoms with Crippen molar-refractivity contribution in [1.82, 2.24) is 9.97 Å². The van der Waals surface area contributed by atoms with E-state index in [9.17, 15) is 14.0 Å². The predicted molar refractivity (Wildman–Crippen MR) is 136 cm³/mol. The van der Waals surface area contributed by atoms with Gasteiger partial charge in [-0.25, -0.2) is 4.39 Å². The number of nitrogens with one attached hydrogen (secondary N) is 1. The predicted octanol–water partition coefficient (Wildman–Crippen LogP) is 5.26. The molecule has 7 nitrogen and oxygen atoms in total. The summed E-state index contributed by atoms with van der Waals surface area (Å²) in [6, 6.07) is 18.3. The maximum Gasteiger partial charge on any atom is 0.250 e. The highest BCUT2D eigenvalue weighted by Crippen LogP contribution is 2.51. The number of H-pyrrole nitrogens is 1. The molecule has 6 rings (SSSR count). The molecule has 0 aliphatic carbocycles. The van der Waals surface area contributed by atoms with Crippen LogP contribution in [0.25, 0.3) is 21.8 Å². The van der Waals surface area contributed by atoms with Crippen molar-refractivity contribution in [2.24, 2.45) is 0 Å². The number of fused-ring (bicyclic) bond motifs is 4. The lowest BCUT2D eigenvalue weighted by Crippen LogP contribution is -2.43. The summed E-state index contributed by atoms with van der Waals surface area (Å²) in [4.78, 5) is 37.3. The average Bonchev–Trinajstić information content (AvgIpc) is 3.37. The number of amides is 1. The SMILES string of the molecule is COc1ccc2c(c1N)[C@@](C)(C(=O)c1cc3c(cn1)[nH]c1ccccc13)C(=O)N2c1ccc(F)cc1. The molecule has 178 valence electrons. The molecular weight excluding hydrogens is 459 g/mol. The van der Waals surface area contributed by atoms with Crippen molar-refractivity contribution in [3.05, 3.63) is 90.0 Å². The lowest BCUT2D eigenvalue weighted by atomic mass is 9.77. The number of carbonyl (C=O) groups excluding carboxylic acids is 2. The maximum absolute atomic E-state index is 14.1. The largest absolute Gasteiger partial charge is 0.495 e. The van der Waals surface area contributed by atoms with Gasteiger partial charge >= 0.3 is 0 Å². The van der Waals surface area contributed by atoms with Gasteiger partial charge < -0.3 is 15.5 Å². The van der Waals surface area contributed by atoms with Gasteiger partial charge in [-0.15, -0.1) is 0 Å². The number of anilines is 3. The zero-order valence-electron chi connectivity index (χ0n) is 19.5. The molecule has 5 aromatic rings. The second-order valence-electron chi connectivity index (χ2n) is 8.93. The topological polar surface area (TPSA) is 101 Å². The average molecular weight is 480 g/mol. The fraction of sp³-hybridized carbons (Fsp3) is 0.107. The molecule has 1 atom stereocenters. The van der Waals surface area contributed by atoms with Crippen LogP contribution in [0.2, 0.25) is 0 Å². The van der Waals surface area contributed by atoms with E-state index in [2.05, 4.69) is 9.97 Å². The number of aromatic amines is 1. The Balaban J connectivity index is 1.56. The third-order valence-electron chi connectivity index (χ3n) is 6.94. The van der Waals surface area contributed by atoms with E-state index in [1.807, 2.05) is 24.3 Å². The summed E-state index contributed by atoms with van der Waals surface area (Å²) in [5, 5.41) is 1.77. The van der Waals surface area contributed by atoms with Crippen LogP contribution in [0, 0.1) is 5.82 Å². The summed E-state index contributed by atoms with van der Waals surface area (Å²) in [5.74, 6) is -1.09. The summed E-state index contributed by atoms with van der Waals surface area (Å²) in [6.07, 6.45) is 1.60. The van der Waals surface area contributed by atoms with Crippen molar-refractivity contribution < 1.29 is 18.7 Å². The van der Waals surface area contributed by atoms with Crippen LogP contribution in [0.5, 0.6) is 5.75 Å². The number of ketones is 1. The number of hydrogen-bond acceptors (Lipinski definition) is 5. The van der Waals surface area contributed by atoms with Crippen molar-refractivity contribution >= 4 is 50.6 Å². The van der Waals surface area contributed by atoms with Crippen molar-refractivity contribution in [3.8, 4) is 5.75 Å². The smallest absolute Gasteiger partial charge is 0.250 e. The van der Waals surface area contributed by atoms with Gasteiger partial charge in [0.25, 0.3) is 0 Å². The van der Waals surface area contributed by atoms with Crippen LogP contribution in [0.15, 0.2) is 72.9 Å². The lowest BCUT2D eigenvalue weighted by molar-refractivity contribution is -0.120. The molecule has 3 heterocycles. The number of rotatable bonds is 4. The first-order chi connectivity index (χ1) is 17.3. The van der Waals surface area contributed by atoms with E-state index < -0.39 is 22.9 Å². The van der Waals surface area contributed by atoms with Gasteiger partial charge in [0.2, 0.25) is 11.7 Å². The lowest BCUT2D eigenvalue weighted by Gasteiger charge is -2.23. The molecular formula is C28H21FN4O3. The number of nitrogens with two attached hydrogens (primary N) is 1. The number of methoxy groups -OCH3 is 1. The normalized spacial score (nSPS) is 17.1. The minimum Gasteiger partial charge on any atom is -0.495 e. The van der Waals surface area contributed by atoms with Gasteiger partial charge in [0.1, 0.15) is 22.7 Å². The van der Waals surface area contributed by atoms with Gasteiger partial charge in [-0.3, -0.25) is 19.5 Å². The fourth-order valence-corrected chi connectivity index (χ4v) is 5.11. The number of pyridine rings is 1. The molecule has 3 aromatic carbocycles. The Hall–Kier alpha value is -4.72. The number of nitrogens with zero attached hydrogens (tertiary/aromatic N) is 2. The van der Waals surface area contributed by atoms with E-state index in [1.165, 1.54) is 36.3 Å². The number of carbonyl (C=O) groups is 2. The highest BCUT2D eigenvalue weighted by atomic mass is 19.1. The summed E-state index contributed by atoms with van der Waals surface area (Å²) in [6.45, 7) is 1.55. The van der Waals surface area contributed by atoms with Crippen molar-refractivity contribution in [1.29, 1.82) is 0 Å². The van der Waals surface area contributed by atoms with E-state index in [-0.39, 0.29) is 11.4 Å². The third-order valence-corrected chi connectivity index (χ3v) is 6.94. The Kier molecular flexibility index (Phi) is 4.63. The molecule has 0 saturated heterocycles. The first-order valence-electron chi connectivity index (χ1n) is 11.3. The van der Waals surface area contributed by atoms with Gasteiger partial charge in [0.15, 0.2) is 0 Å². The number of Topliss-reactive ketones (excluding diaryl/α,β-unsaturated/α-hetero) is 1. The van der Waals surface area contributed by atoms with Crippen molar-refractivity contribution in [2.75, 3.05) is 17.7 Å². The van der Waals surface area contributed by atoms with E-state index in [1.54, 1.807) is 31.3 Å². The zero-order valence-corrected chi connectivity index (χ0v) is 19.5. The monoisotopic (exact) mass is 480 g/mol. The number of ether oxygens (including phenoxy) is 1. The number of nitrogen functional groups attached to an aromatic ring is 1. The molecule has 1 aliphatic heterocycles. The quantitative estimate of drug-likeness (QED) is 0.207. The molecule has 3 N–H and O–H groups in total. The molecule has 0 bridgehead atoms. The summed E-state index contributed by atoms with van der Waals surface area (Å²) < 4.78 is 19.0. The van der Waals surface area contributed by atoms with E-state index in [0.717, 1.165) is 21.8 Å². The van der Waals surface area contributed by atoms with Crippen LogP contribution in [0.3, 0.4) is 0 Å². The molecule has 0 radical (unpaired) electrons. The van der Waals surface area contributed by atoms with Gasteiger partial charge in [0, 0.05) is 27.5 Å². The van der Waals surface area contributed by atoms with Crippen LogP contribution >= 0.6 is 0 Å². The Morgan fingerprint density at radius 2 is 1.81 bits per heavy atom. The maximum atomic E-state index is 14.1. The Morgan fingerprint density at radius 3 is 2.56 bits per heavy atom. The summed E-state index contributed by atoms with van der Waals surface area (Å²) in [7, 11) is 1.47. The van der Waals surface area contributed by atoms with Gasteiger partial charge in [0.05, 0.1) is 30.2 Å². The number of hydrogen-bond donors (Lipinski definition) is 2. The summed E-state index contributed by atoms with van der Waals surface area (Å²) >= 11 is 0. The number of aromatic nitrogens is 2. The number of para-hydroxylation sites is 1. The van der Waals surface area contributed by atoms with Gasteiger partial charge in [-0.1, -0.05) is 18.2 Å². The van der Waals surface area contributed by atoms with Gasteiger partial charge in [-0.05, 0) is 55.5 Å². The highest BCUT2D eigenvalue weighted by molar-refractivity contribution is 6.29. The molecule has 1 aliphatic rings. The molecule has 1 amide bonds. The third kappa shape index (κ3) is 2.87. The second-order valence-corrected chi connectivity index (χ2v) is 8.93. The molecule has 8 heteroatoms. The standard InChI is InChI=1S/C28H21FN4O3/c1-28(26(34)20-13-18-17-5-3-4-6-19(17)32-21(18)14-31-20)24-22(11-12-23(36-2)25(24)30)33(27(28)35)16-9-7-15(29)8-10-16/h3-14,32H,30H2,1-2H3/t28-/m0/s1. The van der Waals surface area contributed by atoms with Crippen LogP contribution in [-0.4, -0.2) is 28.8 Å². The van der Waals surface area contributed by atoms with Crippen molar-refractivity contribution in [3.63, 3.8) is 0 Å². The Bertz CT molecular complexity index is 1710. The van der Waals surface area contributed by atoms with Crippen LogP contribution in [-0.2, 0) is 10.2 Å². The first-order valence-corrected chi connectivity index (χ1v) is 11.3. The Morgan fingerprint density at radius 1 is 1.06 bits per heavy atom. The zero-order chi connectivity index (χ0) is 25.2. The number of benzene rings is 3. The van der Waals surface area contributed by atoms with E-state index in [0.29, 0.717) is 22.7 Å². The minimum atomic E-state index is -1.69. The van der Waals surface area contributed by atoms with Crippen LogP contribution < -0.4 is 15.4 Å². The van der Waals surface area contributed by atoms with Crippen LogP contribution in [0.4, 0.5) is 21.5 Å². The second kappa shape index (κ2) is 7.64. The van der Waals surface area contributed by atoms with Gasteiger partial charge in [-0.2, -0.15) is 0 Å². The van der Waals surface area contributed by atoms with E-state index in [4.69, 9.17) is 10.5 Å². The fourth-order valence-electron chi connectivity index (χ4n) is 5.11. The highest BCUT2D eigenvalue weighted by Gasteiger charge is 2.55. The molecule has 0 fully saturated rings. The molecule has 36 heavy (non-hydrogen) atoms. The minimum absolute atomic E-state index is 0.136. The molecule has 0 spiro atoms.